The van der Waals surface area contributed by atoms with E-state index in [-0.39, 0.29) is 0 Å². The second kappa shape index (κ2) is 9.04. The van der Waals surface area contributed by atoms with E-state index in [4.69, 9.17) is 0 Å². The summed E-state index contributed by atoms with van der Waals surface area (Å²) in [5.74, 6) is 1.70. The van der Waals surface area contributed by atoms with Crippen molar-refractivity contribution in [2.45, 2.75) is 66.7 Å². The lowest BCUT2D eigenvalue weighted by atomic mass is 9.70. The third kappa shape index (κ3) is 6.13. The summed E-state index contributed by atoms with van der Waals surface area (Å²) in [6, 6.07) is 0. The van der Waals surface area contributed by atoms with Crippen LogP contribution in [0, 0.1) is 17.3 Å². The second-order valence-corrected chi connectivity index (χ2v) is 7.58. The monoisotopic (exact) mass is 282 g/mol. The third-order valence-corrected chi connectivity index (χ3v) is 4.93. The number of hydrogen-bond acceptors (Lipinski definition) is 2. The predicted molar refractivity (Wildman–Crippen MR) is 90.2 cm³/mol. The van der Waals surface area contributed by atoms with Crippen LogP contribution in [0.1, 0.15) is 66.7 Å². The Morgan fingerprint density at radius 3 is 2.35 bits per heavy atom. The van der Waals surface area contributed by atoms with Gasteiger partial charge in [0.25, 0.3) is 0 Å². The highest BCUT2D eigenvalue weighted by Gasteiger charge is 2.35. The summed E-state index contributed by atoms with van der Waals surface area (Å²) in [7, 11) is 0. The summed E-state index contributed by atoms with van der Waals surface area (Å²) in [6.07, 6.45) is 6.96. The maximum absolute atomic E-state index is 3.76. The van der Waals surface area contributed by atoms with Crippen LogP contribution in [0.5, 0.6) is 0 Å². The Morgan fingerprint density at radius 1 is 1.20 bits per heavy atom. The molecule has 1 rings (SSSR count). The van der Waals surface area contributed by atoms with E-state index < -0.39 is 0 Å². The highest BCUT2D eigenvalue weighted by atomic mass is 15.1. The summed E-state index contributed by atoms with van der Waals surface area (Å²) in [5.41, 5.74) is 0.534. The Morgan fingerprint density at radius 2 is 1.85 bits per heavy atom. The van der Waals surface area contributed by atoms with E-state index in [1.807, 2.05) is 0 Å². The summed E-state index contributed by atoms with van der Waals surface area (Å²) >= 11 is 0. The Labute approximate surface area is 127 Å². The molecule has 20 heavy (non-hydrogen) atoms. The highest BCUT2D eigenvalue weighted by molar-refractivity contribution is 4.89. The average molecular weight is 283 g/mol. The lowest BCUT2D eigenvalue weighted by Gasteiger charge is -2.43. The first kappa shape index (κ1) is 18.0. The molecule has 120 valence electrons. The van der Waals surface area contributed by atoms with Crippen molar-refractivity contribution in [1.29, 1.82) is 0 Å². The molecule has 0 saturated heterocycles. The normalized spacial score (nSPS) is 27.4. The molecule has 0 aromatic rings. The molecule has 0 atom stereocenters. The summed E-state index contributed by atoms with van der Waals surface area (Å²) in [5, 5.41) is 3.76. The van der Waals surface area contributed by atoms with Crippen LogP contribution in [0.25, 0.3) is 0 Å². The van der Waals surface area contributed by atoms with Crippen LogP contribution in [0.15, 0.2) is 0 Å². The zero-order valence-electron chi connectivity index (χ0n) is 14.7. The van der Waals surface area contributed by atoms with Crippen LogP contribution in [0.3, 0.4) is 0 Å². The largest absolute Gasteiger partial charge is 0.316 e. The molecule has 1 N–H and O–H groups in total. The van der Waals surface area contributed by atoms with E-state index in [0.29, 0.717) is 5.41 Å². The van der Waals surface area contributed by atoms with E-state index >= 15 is 0 Å². The van der Waals surface area contributed by atoms with E-state index in [1.165, 1.54) is 58.3 Å². The molecule has 1 aliphatic carbocycles. The van der Waals surface area contributed by atoms with Gasteiger partial charge in [0.2, 0.25) is 0 Å². The average Bonchev–Trinajstić information content (AvgIpc) is 2.41. The molecule has 0 aromatic carbocycles. The lowest BCUT2D eigenvalue weighted by Crippen LogP contribution is -2.47. The van der Waals surface area contributed by atoms with Gasteiger partial charge in [-0.05, 0) is 56.1 Å². The molecular weight excluding hydrogens is 244 g/mol. The summed E-state index contributed by atoms with van der Waals surface area (Å²) < 4.78 is 0. The van der Waals surface area contributed by atoms with E-state index in [2.05, 4.69) is 44.8 Å². The zero-order valence-corrected chi connectivity index (χ0v) is 14.7. The molecule has 0 bridgehead atoms. The topological polar surface area (TPSA) is 15.3 Å². The van der Waals surface area contributed by atoms with Crippen molar-refractivity contribution in [3.05, 3.63) is 0 Å². The van der Waals surface area contributed by atoms with Crippen molar-refractivity contribution >= 4 is 0 Å². The minimum atomic E-state index is 0.534. The van der Waals surface area contributed by atoms with Crippen LogP contribution >= 0.6 is 0 Å². The van der Waals surface area contributed by atoms with Crippen LogP contribution in [0.2, 0.25) is 0 Å². The van der Waals surface area contributed by atoms with Crippen molar-refractivity contribution in [1.82, 2.24) is 10.2 Å². The standard InChI is InChI=1S/C18H38N2/c1-6-12-20(7-2)15-18(14-19-13-16(3)4)10-8-17(5)9-11-18/h16-17,19H,6-15H2,1-5H3. The molecular formula is C18H38N2. The van der Waals surface area contributed by atoms with E-state index in [9.17, 15) is 0 Å². The molecule has 0 heterocycles. The fourth-order valence-electron chi connectivity index (χ4n) is 3.53. The van der Waals surface area contributed by atoms with Gasteiger partial charge < -0.3 is 10.2 Å². The van der Waals surface area contributed by atoms with Gasteiger partial charge in [-0.3, -0.25) is 0 Å². The van der Waals surface area contributed by atoms with Crippen molar-refractivity contribution in [2.75, 3.05) is 32.7 Å². The van der Waals surface area contributed by atoms with Crippen molar-refractivity contribution < 1.29 is 0 Å². The number of rotatable bonds is 9. The molecule has 0 radical (unpaired) electrons. The van der Waals surface area contributed by atoms with Gasteiger partial charge in [-0.2, -0.15) is 0 Å². The van der Waals surface area contributed by atoms with Crippen molar-refractivity contribution in [3.63, 3.8) is 0 Å². The molecule has 0 unspecified atom stereocenters. The Hall–Kier alpha value is -0.0800. The lowest BCUT2D eigenvalue weighted by molar-refractivity contribution is 0.0881. The minimum Gasteiger partial charge on any atom is -0.316 e. The van der Waals surface area contributed by atoms with Gasteiger partial charge in [0.15, 0.2) is 0 Å². The van der Waals surface area contributed by atoms with Gasteiger partial charge in [-0.25, -0.2) is 0 Å². The van der Waals surface area contributed by atoms with Gasteiger partial charge in [0, 0.05) is 13.1 Å². The molecule has 0 aliphatic heterocycles. The maximum Gasteiger partial charge on any atom is 0.00500 e. The molecule has 0 spiro atoms. The van der Waals surface area contributed by atoms with Crippen LogP contribution < -0.4 is 5.32 Å². The van der Waals surface area contributed by atoms with Gasteiger partial charge in [-0.1, -0.05) is 47.5 Å². The first-order valence-corrected chi connectivity index (χ1v) is 8.94. The molecule has 0 aromatic heterocycles. The molecule has 1 fully saturated rings. The minimum absolute atomic E-state index is 0.534. The van der Waals surface area contributed by atoms with Crippen LogP contribution in [-0.2, 0) is 0 Å². The Balaban J connectivity index is 2.58. The summed E-state index contributed by atoms with van der Waals surface area (Å²) in [4.78, 5) is 2.67. The quantitative estimate of drug-likeness (QED) is 0.683. The van der Waals surface area contributed by atoms with Gasteiger partial charge in [0.1, 0.15) is 0 Å². The van der Waals surface area contributed by atoms with Gasteiger partial charge in [0.05, 0.1) is 0 Å². The molecule has 0 amide bonds. The van der Waals surface area contributed by atoms with Crippen LogP contribution in [-0.4, -0.2) is 37.6 Å². The number of nitrogens with one attached hydrogen (secondary N) is 1. The molecule has 2 heteroatoms. The van der Waals surface area contributed by atoms with Crippen molar-refractivity contribution in [2.24, 2.45) is 17.3 Å². The summed E-state index contributed by atoms with van der Waals surface area (Å²) in [6.45, 7) is 17.8. The fourth-order valence-corrected chi connectivity index (χ4v) is 3.53. The smallest absolute Gasteiger partial charge is 0.00500 e. The van der Waals surface area contributed by atoms with Crippen molar-refractivity contribution in [3.8, 4) is 0 Å². The number of nitrogens with zero attached hydrogens (tertiary/aromatic N) is 1. The predicted octanol–water partition coefficient (Wildman–Crippen LogP) is 4.16. The molecule has 2 nitrogen and oxygen atoms in total. The van der Waals surface area contributed by atoms with Gasteiger partial charge >= 0.3 is 0 Å². The SMILES string of the molecule is CCCN(CC)CC1(CNCC(C)C)CCC(C)CC1. The highest BCUT2D eigenvalue weighted by Crippen LogP contribution is 2.39. The molecule has 1 saturated carbocycles. The number of hydrogen-bond donors (Lipinski definition) is 1. The van der Waals surface area contributed by atoms with Gasteiger partial charge in [-0.15, -0.1) is 0 Å². The first-order valence-electron chi connectivity index (χ1n) is 8.94. The van der Waals surface area contributed by atoms with E-state index in [1.54, 1.807) is 0 Å². The first-order chi connectivity index (χ1) is 9.51. The zero-order chi connectivity index (χ0) is 15.0. The van der Waals surface area contributed by atoms with Crippen LogP contribution in [0.4, 0.5) is 0 Å². The maximum atomic E-state index is 3.76. The Kier molecular flexibility index (Phi) is 8.13. The Bertz CT molecular complexity index is 242. The second-order valence-electron chi connectivity index (χ2n) is 7.58. The van der Waals surface area contributed by atoms with E-state index in [0.717, 1.165) is 18.4 Å². The third-order valence-electron chi connectivity index (χ3n) is 4.93. The fraction of sp³-hybridized carbons (Fsp3) is 1.00. The molecule has 1 aliphatic rings.